The largest absolute Gasteiger partial charge is 0.234 e. The highest BCUT2D eigenvalue weighted by Crippen LogP contribution is 2.70. The van der Waals surface area contributed by atoms with Crippen LogP contribution in [0.15, 0.2) is 30.3 Å². The van der Waals surface area contributed by atoms with Gasteiger partial charge in [0.25, 0.3) is 0 Å². The van der Waals surface area contributed by atoms with E-state index in [4.69, 9.17) is 0 Å². The van der Waals surface area contributed by atoms with Gasteiger partial charge in [0.05, 0.1) is 0 Å². The highest BCUT2D eigenvalue weighted by Gasteiger charge is 2.59. The van der Waals surface area contributed by atoms with Crippen molar-refractivity contribution in [3.63, 3.8) is 0 Å². The predicted octanol–water partition coefficient (Wildman–Crippen LogP) is 1.89. The average Bonchev–Trinajstić information content (AvgIpc) is 2.69. The smallest absolute Gasteiger partial charge is 0.120 e. The Labute approximate surface area is 70.7 Å². The van der Waals surface area contributed by atoms with E-state index in [2.05, 4.69) is 24.3 Å². The van der Waals surface area contributed by atoms with E-state index >= 15 is 0 Å². The maximum absolute atomic E-state index is 10.1. The number of rotatable bonds is 1. The molecule has 0 aliphatic heterocycles. The van der Waals surface area contributed by atoms with Crippen LogP contribution in [-0.2, 0) is 4.79 Å². The Morgan fingerprint density at radius 1 is 1.17 bits per heavy atom. The summed E-state index contributed by atoms with van der Waals surface area (Å²) in [6.07, 6.45) is 1.68. The van der Waals surface area contributed by atoms with E-state index in [1.807, 2.05) is 5.94 Å². The number of fused-ring (bicyclic) bond motifs is 4. The quantitative estimate of drug-likeness (QED) is 0.567. The van der Waals surface area contributed by atoms with E-state index in [0.717, 1.165) is 0 Å². The molecule has 0 bridgehead atoms. The normalized spacial score (nSPS) is 33.8. The highest BCUT2D eigenvalue weighted by atomic mass is 16.1. The number of carbonyl (C=O) groups excluding carboxylic acids is 1. The molecule has 0 aromatic heterocycles. The van der Waals surface area contributed by atoms with Crippen LogP contribution in [0.4, 0.5) is 0 Å². The van der Waals surface area contributed by atoms with Gasteiger partial charge in [-0.2, -0.15) is 0 Å². The molecule has 0 heterocycles. The standard InChI is InChI=1S/C11H8O/c12-6-5-9-10-7-3-1-2-4-8(7)11(9)10/h1-5,9-11H. The SMILES string of the molecule is O=C=CC1C2c3ccccc3C12. The summed E-state index contributed by atoms with van der Waals surface area (Å²) >= 11 is 0. The minimum absolute atomic E-state index is 0.472. The van der Waals surface area contributed by atoms with Crippen LogP contribution in [0, 0.1) is 5.92 Å². The maximum atomic E-state index is 10.1. The van der Waals surface area contributed by atoms with Crippen LogP contribution in [0.1, 0.15) is 23.0 Å². The lowest BCUT2D eigenvalue weighted by atomic mass is 9.89. The number of benzene rings is 1. The van der Waals surface area contributed by atoms with Crippen molar-refractivity contribution in [2.45, 2.75) is 11.8 Å². The van der Waals surface area contributed by atoms with Crippen molar-refractivity contribution in [1.82, 2.24) is 0 Å². The second kappa shape index (κ2) is 1.88. The lowest BCUT2D eigenvalue weighted by Crippen LogP contribution is -1.99. The molecule has 2 unspecified atom stereocenters. The van der Waals surface area contributed by atoms with Crippen LogP contribution < -0.4 is 0 Å². The molecule has 12 heavy (non-hydrogen) atoms. The van der Waals surface area contributed by atoms with Gasteiger partial charge in [-0.15, -0.1) is 0 Å². The van der Waals surface area contributed by atoms with E-state index in [1.165, 1.54) is 11.1 Å². The summed E-state index contributed by atoms with van der Waals surface area (Å²) in [6.45, 7) is 0. The molecule has 1 fully saturated rings. The molecule has 1 aromatic carbocycles. The van der Waals surface area contributed by atoms with E-state index in [1.54, 1.807) is 6.08 Å². The van der Waals surface area contributed by atoms with Gasteiger partial charge in [0.1, 0.15) is 5.94 Å². The van der Waals surface area contributed by atoms with Crippen LogP contribution in [0.25, 0.3) is 0 Å². The lowest BCUT2D eigenvalue weighted by molar-refractivity contribution is 0.567. The zero-order valence-corrected chi connectivity index (χ0v) is 6.53. The van der Waals surface area contributed by atoms with Crippen LogP contribution in [0.5, 0.6) is 0 Å². The summed E-state index contributed by atoms with van der Waals surface area (Å²) in [7, 11) is 0. The Bertz CT molecular complexity index is 359. The van der Waals surface area contributed by atoms with Gasteiger partial charge in [-0.25, -0.2) is 4.79 Å². The molecule has 1 saturated carbocycles. The summed E-state index contributed by atoms with van der Waals surface area (Å²) in [5.41, 5.74) is 2.89. The molecule has 0 saturated heterocycles. The van der Waals surface area contributed by atoms with Gasteiger partial charge >= 0.3 is 0 Å². The summed E-state index contributed by atoms with van der Waals surface area (Å²) in [6, 6.07) is 8.45. The molecule has 1 heteroatoms. The fourth-order valence-electron chi connectivity index (χ4n) is 2.44. The summed E-state index contributed by atoms with van der Waals surface area (Å²) in [4.78, 5) is 10.1. The van der Waals surface area contributed by atoms with E-state index in [0.29, 0.717) is 17.8 Å². The molecular formula is C11H8O. The van der Waals surface area contributed by atoms with Crippen molar-refractivity contribution in [2.24, 2.45) is 5.92 Å². The van der Waals surface area contributed by atoms with E-state index in [9.17, 15) is 4.79 Å². The molecule has 2 aliphatic rings. The van der Waals surface area contributed by atoms with Crippen molar-refractivity contribution in [1.29, 1.82) is 0 Å². The molecule has 0 amide bonds. The van der Waals surface area contributed by atoms with Crippen LogP contribution in [-0.4, -0.2) is 5.94 Å². The first-order chi connectivity index (χ1) is 5.93. The molecule has 2 atom stereocenters. The predicted molar refractivity (Wildman–Crippen MR) is 45.7 cm³/mol. The number of hydrogen-bond acceptors (Lipinski definition) is 1. The Morgan fingerprint density at radius 3 is 2.25 bits per heavy atom. The topological polar surface area (TPSA) is 17.1 Å². The first-order valence-corrected chi connectivity index (χ1v) is 4.23. The third kappa shape index (κ3) is 0.542. The molecule has 3 rings (SSSR count). The van der Waals surface area contributed by atoms with Gasteiger partial charge in [-0.3, -0.25) is 0 Å². The van der Waals surface area contributed by atoms with Gasteiger partial charge < -0.3 is 0 Å². The fourth-order valence-corrected chi connectivity index (χ4v) is 2.44. The van der Waals surface area contributed by atoms with Gasteiger partial charge in [0.15, 0.2) is 0 Å². The Balaban J connectivity index is 2.01. The van der Waals surface area contributed by atoms with E-state index < -0.39 is 0 Å². The summed E-state index contributed by atoms with van der Waals surface area (Å²) in [5, 5.41) is 0. The first kappa shape index (κ1) is 6.22. The van der Waals surface area contributed by atoms with Crippen molar-refractivity contribution in [3.8, 4) is 0 Å². The first-order valence-electron chi connectivity index (χ1n) is 4.23. The second-order valence-corrected chi connectivity index (χ2v) is 3.54. The molecule has 0 N–H and O–H groups in total. The van der Waals surface area contributed by atoms with Crippen LogP contribution in [0.2, 0.25) is 0 Å². The molecule has 1 aromatic rings. The van der Waals surface area contributed by atoms with Gasteiger partial charge in [-0.05, 0) is 23.0 Å². The molecule has 0 spiro atoms. The van der Waals surface area contributed by atoms with E-state index in [-0.39, 0.29) is 0 Å². The monoisotopic (exact) mass is 156 g/mol. The average molecular weight is 156 g/mol. The minimum Gasteiger partial charge on any atom is -0.234 e. The van der Waals surface area contributed by atoms with Crippen molar-refractivity contribution in [2.75, 3.05) is 0 Å². The van der Waals surface area contributed by atoms with Gasteiger partial charge in [0, 0.05) is 12.0 Å². The maximum Gasteiger partial charge on any atom is 0.120 e. The second-order valence-electron chi connectivity index (χ2n) is 3.54. The molecule has 1 nitrogen and oxygen atoms in total. The molecule has 2 aliphatic carbocycles. The number of allylic oxidation sites excluding steroid dienone is 1. The minimum atomic E-state index is 0.472. The third-order valence-corrected chi connectivity index (χ3v) is 3.05. The molecule has 0 radical (unpaired) electrons. The fraction of sp³-hybridized carbons (Fsp3) is 0.273. The van der Waals surface area contributed by atoms with Crippen LogP contribution in [0.3, 0.4) is 0 Å². The van der Waals surface area contributed by atoms with Crippen molar-refractivity contribution in [3.05, 3.63) is 41.5 Å². The summed E-state index contributed by atoms with van der Waals surface area (Å²) < 4.78 is 0. The zero-order valence-electron chi connectivity index (χ0n) is 6.53. The Hall–Kier alpha value is -1.33. The van der Waals surface area contributed by atoms with Crippen LogP contribution >= 0.6 is 0 Å². The van der Waals surface area contributed by atoms with Crippen molar-refractivity contribution < 1.29 is 4.79 Å². The third-order valence-electron chi connectivity index (χ3n) is 3.05. The lowest BCUT2D eigenvalue weighted by Gasteiger charge is -2.15. The number of hydrogen-bond donors (Lipinski definition) is 0. The van der Waals surface area contributed by atoms with Crippen molar-refractivity contribution >= 4 is 5.94 Å². The summed E-state index contributed by atoms with van der Waals surface area (Å²) in [5.74, 6) is 3.67. The Kier molecular flexibility index (Phi) is 0.973. The van der Waals surface area contributed by atoms with Gasteiger partial charge in [0.2, 0.25) is 0 Å². The zero-order chi connectivity index (χ0) is 8.13. The Morgan fingerprint density at radius 2 is 1.75 bits per heavy atom. The molecular weight excluding hydrogens is 148 g/mol. The van der Waals surface area contributed by atoms with Gasteiger partial charge in [-0.1, -0.05) is 24.3 Å². The highest BCUT2D eigenvalue weighted by molar-refractivity contribution is 5.60. The molecule has 58 valence electrons.